The lowest BCUT2D eigenvalue weighted by atomic mass is 10.5. The van der Waals surface area contributed by atoms with Crippen LogP contribution in [0, 0.1) is 6.92 Å². The zero-order valence-electron chi connectivity index (χ0n) is 5.46. The van der Waals surface area contributed by atoms with Gasteiger partial charge in [-0.1, -0.05) is 0 Å². The monoisotopic (exact) mass is 144 g/mol. The summed E-state index contributed by atoms with van der Waals surface area (Å²) in [5.41, 5.74) is 0. The predicted molar refractivity (Wildman–Crippen MR) is 32.6 cm³/mol. The van der Waals surface area contributed by atoms with E-state index in [4.69, 9.17) is 0 Å². The minimum absolute atomic E-state index is 0.0508. The van der Waals surface area contributed by atoms with Crippen LogP contribution in [0.4, 0.5) is 0 Å². The van der Waals surface area contributed by atoms with Crippen LogP contribution in [0.25, 0.3) is 0 Å². The maximum absolute atomic E-state index is 10.3. The second-order valence-electron chi connectivity index (χ2n) is 1.40. The van der Waals surface area contributed by atoms with Gasteiger partial charge in [0.1, 0.15) is 13.2 Å². The maximum atomic E-state index is 10.3. The molecule has 0 saturated heterocycles. The summed E-state index contributed by atoms with van der Waals surface area (Å²) >= 11 is 0. The van der Waals surface area contributed by atoms with E-state index in [0.717, 1.165) is 0 Å². The molecule has 4 heteroatoms. The van der Waals surface area contributed by atoms with Gasteiger partial charge in [0.15, 0.2) is 0 Å². The Labute approximate surface area is 59.1 Å². The average Bonchev–Trinajstić information content (AvgIpc) is 1.98. The lowest BCUT2D eigenvalue weighted by molar-refractivity contribution is -0.143. The van der Waals surface area contributed by atoms with Gasteiger partial charge in [0.05, 0.1) is 0 Å². The zero-order valence-corrected chi connectivity index (χ0v) is 5.46. The summed E-state index contributed by atoms with van der Waals surface area (Å²) in [6, 6.07) is 0. The topological polar surface area (TPSA) is 52.6 Å². The van der Waals surface area contributed by atoms with E-state index in [0.29, 0.717) is 0 Å². The normalized spacial score (nSPS) is 8.50. The van der Waals surface area contributed by atoms with Crippen molar-refractivity contribution >= 4 is 12.4 Å². The number of carbonyl (C=O) groups is 1. The van der Waals surface area contributed by atoms with Crippen LogP contribution in [0.5, 0.6) is 0 Å². The molecule has 10 heavy (non-hydrogen) atoms. The van der Waals surface area contributed by atoms with Crippen molar-refractivity contribution in [2.24, 2.45) is 0 Å². The Morgan fingerprint density at radius 3 is 2.70 bits per heavy atom. The fraction of sp³-hybridized carbons (Fsp3) is 0.500. The molecule has 0 aliphatic rings. The summed E-state index contributed by atoms with van der Waals surface area (Å²) in [7, 11) is 0. The van der Waals surface area contributed by atoms with Crippen molar-refractivity contribution in [2.75, 3.05) is 13.2 Å². The van der Waals surface area contributed by atoms with E-state index in [1.54, 1.807) is 0 Å². The third-order valence-corrected chi connectivity index (χ3v) is 0.711. The maximum Gasteiger partial charge on any atom is 0.417 e. The molecular formula is C6H8O4. The van der Waals surface area contributed by atoms with Gasteiger partial charge in [-0.3, -0.25) is 4.79 Å². The van der Waals surface area contributed by atoms with Crippen molar-refractivity contribution in [3.8, 4) is 0 Å². The highest BCUT2D eigenvalue weighted by Crippen LogP contribution is 1.82. The van der Waals surface area contributed by atoms with Crippen LogP contribution in [-0.4, -0.2) is 25.7 Å². The first-order valence-corrected chi connectivity index (χ1v) is 2.75. The molecule has 0 heterocycles. The molecule has 0 bridgehead atoms. The van der Waals surface area contributed by atoms with E-state index >= 15 is 0 Å². The smallest absolute Gasteiger partial charge is 0.417 e. The SMILES string of the molecule is [CH2]CC(=O)OCCO[C]=O. The van der Waals surface area contributed by atoms with Crippen LogP contribution < -0.4 is 0 Å². The zero-order chi connectivity index (χ0) is 7.82. The van der Waals surface area contributed by atoms with Crippen LogP contribution in [-0.2, 0) is 19.1 Å². The van der Waals surface area contributed by atoms with Gasteiger partial charge in [0.25, 0.3) is 0 Å². The Balaban J connectivity index is 3.03. The van der Waals surface area contributed by atoms with Gasteiger partial charge in [-0.15, -0.1) is 0 Å². The summed E-state index contributed by atoms with van der Waals surface area (Å²) in [6.45, 7) is 4.62. The number of carbonyl (C=O) groups excluding carboxylic acids is 2. The molecule has 0 spiro atoms. The molecule has 56 valence electrons. The van der Waals surface area contributed by atoms with Crippen molar-refractivity contribution in [3.05, 3.63) is 6.92 Å². The van der Waals surface area contributed by atoms with Crippen molar-refractivity contribution in [1.82, 2.24) is 0 Å². The molecular weight excluding hydrogens is 136 g/mol. The molecule has 0 atom stereocenters. The fourth-order valence-electron chi connectivity index (χ4n) is 0.311. The minimum Gasteiger partial charge on any atom is -0.462 e. The van der Waals surface area contributed by atoms with Crippen molar-refractivity contribution in [3.63, 3.8) is 0 Å². The molecule has 0 N–H and O–H groups in total. The van der Waals surface area contributed by atoms with E-state index < -0.39 is 5.97 Å². The van der Waals surface area contributed by atoms with Gasteiger partial charge in [0.2, 0.25) is 0 Å². The summed E-state index contributed by atoms with van der Waals surface area (Å²) < 4.78 is 8.61. The fourth-order valence-corrected chi connectivity index (χ4v) is 0.311. The summed E-state index contributed by atoms with van der Waals surface area (Å²) in [4.78, 5) is 19.8. The second-order valence-corrected chi connectivity index (χ2v) is 1.40. The summed E-state index contributed by atoms with van der Waals surface area (Å²) in [6.07, 6.45) is 0.0881. The number of esters is 1. The second kappa shape index (κ2) is 6.07. The van der Waals surface area contributed by atoms with Crippen molar-refractivity contribution in [1.29, 1.82) is 0 Å². The van der Waals surface area contributed by atoms with Crippen molar-refractivity contribution in [2.45, 2.75) is 6.42 Å². The Kier molecular flexibility index (Phi) is 5.42. The summed E-state index contributed by atoms with van der Waals surface area (Å²) in [5.74, 6) is -0.408. The van der Waals surface area contributed by atoms with Gasteiger partial charge < -0.3 is 9.47 Å². The number of ether oxygens (including phenoxy) is 2. The largest absolute Gasteiger partial charge is 0.462 e. The van der Waals surface area contributed by atoms with E-state index in [1.807, 2.05) is 0 Å². The van der Waals surface area contributed by atoms with Crippen LogP contribution in [0.2, 0.25) is 0 Å². The van der Waals surface area contributed by atoms with Gasteiger partial charge >= 0.3 is 12.4 Å². The standard InChI is InChI=1S/C6H8O4/c1-2-6(8)10-4-3-9-5-7/h1-4H2. The van der Waals surface area contributed by atoms with E-state index in [-0.39, 0.29) is 19.6 Å². The van der Waals surface area contributed by atoms with Crippen LogP contribution in [0.1, 0.15) is 6.42 Å². The highest BCUT2D eigenvalue weighted by molar-refractivity contribution is 5.69. The number of rotatable bonds is 5. The Hall–Kier alpha value is -1.06. The lowest BCUT2D eigenvalue weighted by Gasteiger charge is -1.99. The first-order chi connectivity index (χ1) is 4.81. The molecule has 0 aromatic carbocycles. The molecule has 0 rings (SSSR count). The first kappa shape index (κ1) is 8.94. The average molecular weight is 144 g/mol. The molecule has 0 saturated carbocycles. The predicted octanol–water partition coefficient (Wildman–Crippen LogP) is -0.162. The van der Waals surface area contributed by atoms with E-state index in [9.17, 15) is 9.59 Å². The van der Waals surface area contributed by atoms with Crippen molar-refractivity contribution < 1.29 is 19.1 Å². The third-order valence-electron chi connectivity index (χ3n) is 0.711. The minimum atomic E-state index is -0.408. The summed E-state index contributed by atoms with van der Waals surface area (Å²) in [5, 5.41) is 0. The highest BCUT2D eigenvalue weighted by atomic mass is 16.6. The van der Waals surface area contributed by atoms with E-state index in [1.165, 1.54) is 6.47 Å². The molecule has 0 aromatic rings. The van der Waals surface area contributed by atoms with Gasteiger partial charge in [-0.25, -0.2) is 4.79 Å². The van der Waals surface area contributed by atoms with Gasteiger partial charge in [-0.2, -0.15) is 0 Å². The quantitative estimate of drug-likeness (QED) is 0.397. The van der Waals surface area contributed by atoms with Crippen LogP contribution >= 0.6 is 0 Å². The highest BCUT2D eigenvalue weighted by Gasteiger charge is 1.96. The molecule has 0 aliphatic heterocycles. The molecule has 0 fully saturated rings. The Morgan fingerprint density at radius 1 is 1.50 bits per heavy atom. The Morgan fingerprint density at radius 2 is 2.20 bits per heavy atom. The lowest BCUT2D eigenvalue weighted by Crippen LogP contribution is -2.08. The van der Waals surface area contributed by atoms with Crippen LogP contribution in [0.15, 0.2) is 0 Å². The number of hydrogen-bond donors (Lipinski definition) is 0. The first-order valence-electron chi connectivity index (χ1n) is 2.75. The van der Waals surface area contributed by atoms with Gasteiger partial charge in [0, 0.05) is 6.42 Å². The molecule has 0 amide bonds. The number of hydrogen-bond acceptors (Lipinski definition) is 4. The van der Waals surface area contributed by atoms with Crippen LogP contribution in [0.3, 0.4) is 0 Å². The van der Waals surface area contributed by atoms with E-state index in [2.05, 4.69) is 16.4 Å². The molecule has 0 unspecified atom stereocenters. The Bertz CT molecular complexity index is 110. The molecule has 2 radical (unpaired) electrons. The molecule has 0 aliphatic carbocycles. The molecule has 4 nitrogen and oxygen atoms in total. The molecule has 0 aromatic heterocycles. The third kappa shape index (κ3) is 5.08. The van der Waals surface area contributed by atoms with Gasteiger partial charge in [-0.05, 0) is 6.92 Å².